The van der Waals surface area contributed by atoms with Gasteiger partial charge in [0.15, 0.2) is 0 Å². The first kappa shape index (κ1) is 17.3. The molecule has 1 heterocycles. The van der Waals surface area contributed by atoms with Crippen LogP contribution >= 0.6 is 0 Å². The van der Waals surface area contributed by atoms with Crippen LogP contribution in [0.2, 0.25) is 0 Å². The maximum Gasteiger partial charge on any atom is 0.313 e. The van der Waals surface area contributed by atoms with Crippen molar-refractivity contribution in [2.75, 3.05) is 13.2 Å². The summed E-state index contributed by atoms with van der Waals surface area (Å²) >= 11 is 0. The summed E-state index contributed by atoms with van der Waals surface area (Å²) < 4.78 is 4.91. The maximum atomic E-state index is 11.9. The van der Waals surface area contributed by atoms with Gasteiger partial charge in [0.2, 0.25) is 0 Å². The fraction of sp³-hybridized carbons (Fsp3) is 0.400. The molecule has 5 heteroatoms. The number of Topliss-reactive ketones (excluding diaryl/α,β-unsaturated/α-hetero) is 1. The van der Waals surface area contributed by atoms with Crippen molar-refractivity contribution >= 4 is 11.8 Å². The van der Waals surface area contributed by atoms with Crippen molar-refractivity contribution in [1.29, 1.82) is 0 Å². The third kappa shape index (κ3) is 4.69. The van der Waals surface area contributed by atoms with Gasteiger partial charge in [-0.05, 0) is 32.0 Å². The molecule has 1 saturated heterocycles. The number of nitrogens with zero attached hydrogens (tertiary/aromatic N) is 1. The van der Waals surface area contributed by atoms with Crippen LogP contribution in [-0.2, 0) is 53.6 Å². The molecule has 1 aliphatic heterocycles. The van der Waals surface area contributed by atoms with Gasteiger partial charge in [0.1, 0.15) is 0 Å². The summed E-state index contributed by atoms with van der Waals surface area (Å²) in [5.74, 6) is -1.17. The van der Waals surface area contributed by atoms with Gasteiger partial charge in [0.05, 0.1) is 12.5 Å². The minimum Gasteiger partial charge on any atom is -0.466 e. The van der Waals surface area contributed by atoms with Crippen LogP contribution < -0.4 is 0 Å². The molecule has 2 rings (SSSR count). The van der Waals surface area contributed by atoms with Gasteiger partial charge in [0, 0.05) is 38.5 Å². The van der Waals surface area contributed by atoms with E-state index in [4.69, 9.17) is 4.74 Å². The third-order valence-corrected chi connectivity index (χ3v) is 3.16. The van der Waals surface area contributed by atoms with Crippen molar-refractivity contribution in [2.24, 2.45) is 5.92 Å². The fourth-order valence-electron chi connectivity index (χ4n) is 2.19. The van der Waals surface area contributed by atoms with Crippen molar-refractivity contribution < 1.29 is 47.0 Å². The van der Waals surface area contributed by atoms with Crippen molar-refractivity contribution in [3.05, 3.63) is 42.4 Å². The molecule has 0 spiro atoms. The topological polar surface area (TPSA) is 46.6 Å². The molecular formula is C15H18NO3Y-. The number of benzene rings is 1. The Kier molecular flexibility index (Phi) is 7.42. The van der Waals surface area contributed by atoms with Gasteiger partial charge in [-0.15, -0.1) is 0 Å². The average Bonchev–Trinajstić information content (AvgIpc) is 2.40. The Morgan fingerprint density at radius 1 is 1.40 bits per heavy atom. The molecule has 1 radical (unpaired) electrons. The quantitative estimate of drug-likeness (QED) is 0.473. The molecule has 4 nitrogen and oxygen atoms in total. The minimum atomic E-state index is -0.619. The number of likely N-dealkylation sites (tertiary alicyclic amines) is 1. The zero-order chi connectivity index (χ0) is 13.7. The van der Waals surface area contributed by atoms with E-state index >= 15 is 0 Å². The van der Waals surface area contributed by atoms with Crippen LogP contribution in [0.5, 0.6) is 0 Å². The van der Waals surface area contributed by atoms with E-state index < -0.39 is 11.9 Å². The Hall–Kier alpha value is -0.706. The van der Waals surface area contributed by atoms with Crippen molar-refractivity contribution in [3.63, 3.8) is 0 Å². The van der Waals surface area contributed by atoms with Gasteiger partial charge in [0.25, 0.3) is 0 Å². The molecule has 1 unspecified atom stereocenters. The molecule has 0 aliphatic carbocycles. The molecule has 0 bridgehead atoms. The largest absolute Gasteiger partial charge is 0.466 e. The van der Waals surface area contributed by atoms with Crippen LogP contribution in [0.25, 0.3) is 0 Å². The van der Waals surface area contributed by atoms with Crippen molar-refractivity contribution in [3.8, 4) is 0 Å². The fourth-order valence-corrected chi connectivity index (χ4v) is 2.19. The standard InChI is InChI=1S/C15H18NO3.Y/c1-2-19-15(18)13-8-9-16(11-14(13)17)10-12-6-4-3-5-7-12;/h3-7,11,13H,2,8-10H2,1H3;/q-1;. The van der Waals surface area contributed by atoms with Gasteiger partial charge < -0.3 is 14.4 Å². The Morgan fingerprint density at radius 2 is 2.10 bits per heavy atom. The Balaban J connectivity index is 0.00000200. The smallest absolute Gasteiger partial charge is 0.313 e. The van der Waals surface area contributed by atoms with E-state index in [2.05, 4.69) is 0 Å². The number of hydrogen-bond acceptors (Lipinski definition) is 4. The molecule has 1 atom stereocenters. The molecule has 1 aromatic rings. The number of rotatable bonds is 4. The molecule has 0 N–H and O–H groups in total. The van der Waals surface area contributed by atoms with Gasteiger partial charge in [-0.25, -0.2) is 0 Å². The first-order chi connectivity index (χ1) is 9.20. The van der Waals surface area contributed by atoms with Gasteiger partial charge in [-0.3, -0.25) is 11.3 Å². The first-order valence-electron chi connectivity index (χ1n) is 6.54. The molecule has 1 fully saturated rings. The molecular weight excluding hydrogens is 331 g/mol. The van der Waals surface area contributed by atoms with E-state index in [-0.39, 0.29) is 38.5 Å². The van der Waals surface area contributed by atoms with Crippen LogP contribution in [0.15, 0.2) is 30.3 Å². The molecule has 1 aromatic carbocycles. The molecule has 105 valence electrons. The van der Waals surface area contributed by atoms with Crippen molar-refractivity contribution in [2.45, 2.75) is 19.9 Å². The second kappa shape index (κ2) is 8.55. The summed E-state index contributed by atoms with van der Waals surface area (Å²) in [6.45, 7) is 5.00. The Bertz CT molecular complexity index is 450. The average molecular weight is 349 g/mol. The van der Waals surface area contributed by atoms with Crippen LogP contribution in [-0.4, -0.2) is 29.8 Å². The number of esters is 1. The minimum absolute atomic E-state index is 0. The number of carbonyl (C=O) groups is 2. The van der Waals surface area contributed by atoms with E-state index in [1.165, 1.54) is 6.54 Å². The monoisotopic (exact) mass is 349 g/mol. The predicted octanol–water partition coefficient (Wildman–Crippen LogP) is 1.80. The van der Waals surface area contributed by atoms with Crippen LogP contribution in [0.4, 0.5) is 0 Å². The zero-order valence-corrected chi connectivity index (χ0v) is 14.5. The first-order valence-corrected chi connectivity index (χ1v) is 6.54. The SMILES string of the molecule is CCOC(=O)C1CCN(Cc2ccccc2)[CH-]C1=O.[Y]. The number of hydrogen-bond donors (Lipinski definition) is 0. The van der Waals surface area contributed by atoms with E-state index in [0.717, 1.165) is 5.56 Å². The second-order valence-electron chi connectivity index (χ2n) is 4.58. The van der Waals surface area contributed by atoms with E-state index in [1.807, 2.05) is 35.2 Å². The summed E-state index contributed by atoms with van der Waals surface area (Å²) in [6.07, 6.45) is 0.529. The van der Waals surface area contributed by atoms with Crippen LogP contribution in [0.1, 0.15) is 18.9 Å². The number of ether oxygens (including phenoxy) is 1. The van der Waals surface area contributed by atoms with Gasteiger partial charge >= 0.3 is 5.97 Å². The second-order valence-corrected chi connectivity index (χ2v) is 4.58. The molecule has 0 aromatic heterocycles. The Labute approximate surface area is 144 Å². The van der Waals surface area contributed by atoms with Crippen LogP contribution in [0, 0.1) is 12.5 Å². The predicted molar refractivity (Wildman–Crippen MR) is 70.9 cm³/mol. The summed E-state index contributed by atoms with van der Waals surface area (Å²) in [5, 5.41) is 0. The van der Waals surface area contributed by atoms with Crippen LogP contribution in [0.3, 0.4) is 0 Å². The summed E-state index contributed by atoms with van der Waals surface area (Å²) in [5.41, 5.74) is 1.15. The van der Waals surface area contributed by atoms with E-state index in [0.29, 0.717) is 26.1 Å². The van der Waals surface area contributed by atoms with E-state index in [9.17, 15) is 9.59 Å². The van der Waals surface area contributed by atoms with Crippen molar-refractivity contribution in [1.82, 2.24) is 4.90 Å². The third-order valence-electron chi connectivity index (χ3n) is 3.16. The van der Waals surface area contributed by atoms with E-state index in [1.54, 1.807) is 6.92 Å². The molecule has 1 aliphatic rings. The van der Waals surface area contributed by atoms with Gasteiger partial charge in [-0.2, -0.15) is 0 Å². The Morgan fingerprint density at radius 3 is 2.70 bits per heavy atom. The summed E-state index contributed by atoms with van der Waals surface area (Å²) in [4.78, 5) is 25.5. The zero-order valence-electron chi connectivity index (χ0n) is 11.6. The number of piperidine rings is 1. The van der Waals surface area contributed by atoms with Gasteiger partial charge in [-0.1, -0.05) is 30.3 Å². The molecule has 0 saturated carbocycles. The number of carbonyl (C=O) groups excluding carboxylic acids is 2. The summed E-state index contributed by atoms with van der Waals surface area (Å²) in [6, 6.07) is 9.96. The summed E-state index contributed by atoms with van der Waals surface area (Å²) in [7, 11) is 0. The molecule has 0 amide bonds. The number of ketones is 1. The normalized spacial score (nSPS) is 18.9. The molecule has 20 heavy (non-hydrogen) atoms. The maximum absolute atomic E-state index is 11.9.